The number of esters is 1. The first kappa shape index (κ1) is 13.5. The molecule has 0 bridgehead atoms. The summed E-state index contributed by atoms with van der Waals surface area (Å²) in [4.78, 5) is 13.3. The number of likely N-dealkylation sites (N-methyl/N-ethyl adjacent to an activating group) is 1. The Labute approximate surface area is 102 Å². The average Bonchev–Trinajstić information content (AvgIpc) is 2.19. The molecule has 4 nitrogen and oxygen atoms in total. The van der Waals surface area contributed by atoms with Crippen LogP contribution in [0.15, 0.2) is 24.3 Å². The molecule has 0 saturated carbocycles. The molecule has 0 aliphatic rings. The number of nitrogens with zero attached hydrogens (tertiary/aromatic N) is 1. The number of anilines is 1. The van der Waals surface area contributed by atoms with Crippen LogP contribution >= 0.6 is 0 Å². The van der Waals surface area contributed by atoms with E-state index in [-0.39, 0.29) is 18.6 Å². The summed E-state index contributed by atoms with van der Waals surface area (Å²) in [6, 6.07) is 7.65. The van der Waals surface area contributed by atoms with Crippen LogP contribution in [-0.2, 0) is 16.1 Å². The first-order valence-corrected chi connectivity index (χ1v) is 5.70. The van der Waals surface area contributed by atoms with Crippen LogP contribution < -0.4 is 5.73 Å². The van der Waals surface area contributed by atoms with Gasteiger partial charge in [-0.25, -0.2) is 0 Å². The first-order valence-electron chi connectivity index (χ1n) is 5.70. The van der Waals surface area contributed by atoms with Gasteiger partial charge in [-0.3, -0.25) is 9.69 Å². The Kier molecular flexibility index (Phi) is 4.97. The van der Waals surface area contributed by atoms with Crippen molar-refractivity contribution in [3.63, 3.8) is 0 Å². The zero-order valence-electron chi connectivity index (χ0n) is 10.6. The number of carbonyl (C=O) groups excluding carboxylic acids is 1. The quantitative estimate of drug-likeness (QED) is 0.624. The molecule has 4 heteroatoms. The first-order chi connectivity index (χ1) is 7.99. The molecule has 0 spiro atoms. The lowest BCUT2D eigenvalue weighted by Gasteiger charge is -2.17. The molecule has 17 heavy (non-hydrogen) atoms. The summed E-state index contributed by atoms with van der Waals surface area (Å²) >= 11 is 0. The van der Waals surface area contributed by atoms with E-state index in [9.17, 15) is 4.79 Å². The van der Waals surface area contributed by atoms with Crippen LogP contribution in [0.3, 0.4) is 0 Å². The molecule has 0 atom stereocenters. The molecule has 0 radical (unpaired) electrons. The van der Waals surface area contributed by atoms with Gasteiger partial charge in [0.2, 0.25) is 0 Å². The van der Waals surface area contributed by atoms with Crippen molar-refractivity contribution in [3.8, 4) is 0 Å². The number of rotatable bonds is 5. The van der Waals surface area contributed by atoms with Crippen molar-refractivity contribution in [2.45, 2.75) is 26.5 Å². The van der Waals surface area contributed by atoms with Crippen LogP contribution in [0.4, 0.5) is 5.69 Å². The Morgan fingerprint density at radius 3 is 2.65 bits per heavy atom. The van der Waals surface area contributed by atoms with E-state index < -0.39 is 0 Å². The number of nitrogens with two attached hydrogens (primary N) is 1. The number of para-hydroxylation sites is 1. The molecule has 94 valence electrons. The molecule has 0 aromatic heterocycles. The Balaban J connectivity index is 2.47. The van der Waals surface area contributed by atoms with Crippen LogP contribution in [0.1, 0.15) is 19.4 Å². The van der Waals surface area contributed by atoms with Gasteiger partial charge < -0.3 is 10.5 Å². The molecule has 0 aliphatic carbocycles. The second-order valence-electron chi connectivity index (χ2n) is 4.41. The fourth-order valence-electron chi connectivity index (χ4n) is 1.55. The monoisotopic (exact) mass is 236 g/mol. The van der Waals surface area contributed by atoms with Crippen LogP contribution in [0.2, 0.25) is 0 Å². The lowest BCUT2D eigenvalue weighted by atomic mass is 10.2. The van der Waals surface area contributed by atoms with E-state index in [0.717, 1.165) is 11.3 Å². The van der Waals surface area contributed by atoms with Crippen molar-refractivity contribution in [3.05, 3.63) is 29.8 Å². The highest BCUT2D eigenvalue weighted by Gasteiger charge is 2.10. The van der Waals surface area contributed by atoms with Gasteiger partial charge in [-0.2, -0.15) is 0 Å². The highest BCUT2D eigenvalue weighted by Crippen LogP contribution is 2.12. The van der Waals surface area contributed by atoms with Gasteiger partial charge in [-0.1, -0.05) is 18.2 Å². The molecule has 0 heterocycles. The van der Waals surface area contributed by atoms with Crippen LogP contribution in [0.25, 0.3) is 0 Å². The van der Waals surface area contributed by atoms with Crippen LogP contribution in [0.5, 0.6) is 0 Å². The highest BCUT2D eigenvalue weighted by molar-refractivity contribution is 5.71. The molecule has 1 aromatic carbocycles. The van der Waals surface area contributed by atoms with Gasteiger partial charge in [0.15, 0.2) is 0 Å². The van der Waals surface area contributed by atoms with Gasteiger partial charge in [0, 0.05) is 12.2 Å². The van der Waals surface area contributed by atoms with Crippen LogP contribution in [0, 0.1) is 0 Å². The third kappa shape index (κ3) is 4.87. The lowest BCUT2D eigenvalue weighted by Crippen LogP contribution is -2.28. The number of ether oxygens (including phenoxy) is 1. The van der Waals surface area contributed by atoms with Gasteiger partial charge in [0.1, 0.15) is 0 Å². The maximum atomic E-state index is 11.4. The smallest absolute Gasteiger partial charge is 0.320 e. The summed E-state index contributed by atoms with van der Waals surface area (Å²) < 4.78 is 5.08. The Hall–Kier alpha value is -1.55. The lowest BCUT2D eigenvalue weighted by molar-refractivity contribution is -0.148. The van der Waals surface area contributed by atoms with Crippen molar-refractivity contribution in [2.24, 2.45) is 0 Å². The van der Waals surface area contributed by atoms with E-state index in [2.05, 4.69) is 0 Å². The van der Waals surface area contributed by atoms with E-state index >= 15 is 0 Å². The van der Waals surface area contributed by atoms with Crippen molar-refractivity contribution < 1.29 is 9.53 Å². The summed E-state index contributed by atoms with van der Waals surface area (Å²) in [5.74, 6) is -0.211. The normalized spacial score (nSPS) is 10.9. The SMILES string of the molecule is CC(C)OC(=O)CN(C)Cc1ccccc1N. The highest BCUT2D eigenvalue weighted by atomic mass is 16.5. The fourth-order valence-corrected chi connectivity index (χ4v) is 1.55. The van der Waals surface area contributed by atoms with Crippen molar-refractivity contribution in [1.82, 2.24) is 4.90 Å². The summed E-state index contributed by atoms with van der Waals surface area (Å²) in [7, 11) is 1.87. The molecule has 0 saturated heterocycles. The predicted molar refractivity (Wildman–Crippen MR) is 68.4 cm³/mol. The molecule has 0 fully saturated rings. The summed E-state index contributed by atoms with van der Waals surface area (Å²) in [6.07, 6.45) is -0.0716. The van der Waals surface area contributed by atoms with Crippen molar-refractivity contribution in [1.29, 1.82) is 0 Å². The molecule has 1 rings (SSSR count). The zero-order chi connectivity index (χ0) is 12.8. The Bertz CT molecular complexity index is 377. The summed E-state index contributed by atoms with van der Waals surface area (Å²) in [5, 5.41) is 0. The minimum atomic E-state index is -0.211. The average molecular weight is 236 g/mol. The molecule has 0 aliphatic heterocycles. The van der Waals surface area contributed by atoms with E-state index in [0.29, 0.717) is 6.54 Å². The second-order valence-corrected chi connectivity index (χ2v) is 4.41. The Morgan fingerprint density at radius 1 is 1.41 bits per heavy atom. The predicted octanol–water partition coefficient (Wildman–Crippen LogP) is 1.65. The maximum absolute atomic E-state index is 11.4. The van der Waals surface area contributed by atoms with Gasteiger partial charge in [0.25, 0.3) is 0 Å². The summed E-state index contributed by atoms with van der Waals surface area (Å²) in [5.41, 5.74) is 7.61. The third-order valence-electron chi connectivity index (χ3n) is 2.26. The molecule has 2 N–H and O–H groups in total. The molecule has 0 unspecified atom stereocenters. The topological polar surface area (TPSA) is 55.6 Å². The third-order valence-corrected chi connectivity index (χ3v) is 2.26. The van der Waals surface area contributed by atoms with Gasteiger partial charge in [-0.05, 0) is 32.5 Å². The summed E-state index contributed by atoms with van der Waals surface area (Å²) in [6.45, 7) is 4.59. The van der Waals surface area contributed by atoms with Gasteiger partial charge >= 0.3 is 5.97 Å². The largest absolute Gasteiger partial charge is 0.462 e. The van der Waals surface area contributed by atoms with E-state index in [1.165, 1.54) is 0 Å². The Morgan fingerprint density at radius 2 is 2.06 bits per heavy atom. The minimum Gasteiger partial charge on any atom is -0.462 e. The molecular formula is C13H20N2O2. The van der Waals surface area contributed by atoms with E-state index in [1.54, 1.807) is 0 Å². The van der Waals surface area contributed by atoms with E-state index in [4.69, 9.17) is 10.5 Å². The second kappa shape index (κ2) is 6.25. The number of nitrogen functional groups attached to an aromatic ring is 1. The number of benzene rings is 1. The van der Waals surface area contributed by atoms with Crippen LogP contribution in [-0.4, -0.2) is 30.6 Å². The molecule has 1 aromatic rings. The van der Waals surface area contributed by atoms with Crippen molar-refractivity contribution in [2.75, 3.05) is 19.3 Å². The number of hydrogen-bond acceptors (Lipinski definition) is 4. The minimum absolute atomic E-state index is 0.0716. The number of hydrogen-bond donors (Lipinski definition) is 1. The fraction of sp³-hybridized carbons (Fsp3) is 0.462. The van der Waals surface area contributed by atoms with Gasteiger partial charge in [-0.15, -0.1) is 0 Å². The maximum Gasteiger partial charge on any atom is 0.320 e. The standard InChI is InChI=1S/C13H20N2O2/c1-10(2)17-13(16)9-15(3)8-11-6-4-5-7-12(11)14/h4-7,10H,8-9,14H2,1-3H3. The zero-order valence-corrected chi connectivity index (χ0v) is 10.6. The number of carbonyl (C=O) groups is 1. The van der Waals surface area contributed by atoms with Gasteiger partial charge in [0.05, 0.1) is 12.6 Å². The molecule has 0 amide bonds. The van der Waals surface area contributed by atoms with E-state index in [1.807, 2.05) is 50.1 Å². The molecular weight excluding hydrogens is 216 g/mol. The van der Waals surface area contributed by atoms with Crippen molar-refractivity contribution >= 4 is 11.7 Å².